The molecule has 0 atom stereocenters. The van der Waals surface area contributed by atoms with Crippen LogP contribution in [0.1, 0.15) is 105 Å². The Balaban J connectivity index is 2.61. The van der Waals surface area contributed by atoms with E-state index in [1.54, 1.807) is 14.2 Å². The van der Waals surface area contributed by atoms with E-state index in [0.717, 1.165) is 11.5 Å². The number of benzene rings is 2. The topological polar surface area (TPSA) is 18.5 Å². The van der Waals surface area contributed by atoms with Crippen LogP contribution in [-0.2, 0) is 21.7 Å². The van der Waals surface area contributed by atoms with Gasteiger partial charge in [-0.05, 0) is 45.9 Å². The van der Waals surface area contributed by atoms with Crippen molar-refractivity contribution >= 4 is 21.6 Å². The van der Waals surface area contributed by atoms with Gasteiger partial charge in [0.2, 0.25) is 0 Å². The minimum Gasteiger partial charge on any atom is -0.496 e. The predicted molar refractivity (Wildman–Crippen MR) is 153 cm³/mol. The first kappa shape index (κ1) is 29.0. The van der Waals surface area contributed by atoms with E-state index in [-0.39, 0.29) is 21.7 Å². The molecule has 0 bridgehead atoms. The number of methoxy groups -OCH3 is 2. The molecule has 0 unspecified atom stereocenters. The van der Waals surface area contributed by atoms with E-state index in [2.05, 4.69) is 107 Å². The Morgan fingerprint density at radius 1 is 0.441 bits per heavy atom. The van der Waals surface area contributed by atoms with Crippen LogP contribution in [0, 0.1) is 0 Å². The summed E-state index contributed by atoms with van der Waals surface area (Å²) in [5, 5.41) is 0. The van der Waals surface area contributed by atoms with Gasteiger partial charge in [0.1, 0.15) is 11.5 Å². The van der Waals surface area contributed by atoms with Crippen LogP contribution in [0.4, 0.5) is 0 Å². The van der Waals surface area contributed by atoms with Crippen molar-refractivity contribution in [1.82, 2.24) is 0 Å². The fourth-order valence-electron chi connectivity index (χ4n) is 4.07. The molecule has 0 aliphatic carbocycles. The lowest BCUT2D eigenvalue weighted by Crippen LogP contribution is -2.19. The standard InChI is InChI=1S/C30H46O2S2/c1-27(2,3)21-15-19(16-22(25(21)31-13)28(4,5)6)33-34-20-17-23(29(7,8)9)26(32-14)24(18-20)30(10,11)12/h15-18H,1-14H3. The molecule has 2 aromatic carbocycles. The molecule has 0 saturated heterocycles. The molecule has 2 rings (SSSR count). The second-order valence-corrected chi connectivity index (χ2v) is 15.5. The van der Waals surface area contributed by atoms with E-state index in [1.807, 2.05) is 21.6 Å². The van der Waals surface area contributed by atoms with Gasteiger partial charge >= 0.3 is 0 Å². The van der Waals surface area contributed by atoms with Crippen LogP contribution in [0.15, 0.2) is 34.1 Å². The highest BCUT2D eigenvalue weighted by atomic mass is 33.1. The Hall–Kier alpha value is -1.26. The number of rotatable bonds is 5. The van der Waals surface area contributed by atoms with Crippen LogP contribution in [0.2, 0.25) is 0 Å². The second kappa shape index (κ2) is 10.0. The van der Waals surface area contributed by atoms with Gasteiger partial charge in [-0.2, -0.15) is 0 Å². The van der Waals surface area contributed by atoms with Gasteiger partial charge in [-0.3, -0.25) is 0 Å². The minimum atomic E-state index is -0.00843. The fraction of sp³-hybridized carbons (Fsp3) is 0.600. The van der Waals surface area contributed by atoms with Crippen molar-refractivity contribution in [2.24, 2.45) is 0 Å². The van der Waals surface area contributed by atoms with Gasteiger partial charge in [0.15, 0.2) is 0 Å². The van der Waals surface area contributed by atoms with Crippen molar-refractivity contribution in [2.45, 2.75) is 115 Å². The minimum absolute atomic E-state index is 0.00843. The van der Waals surface area contributed by atoms with E-state index in [1.165, 1.54) is 32.0 Å². The highest BCUT2D eigenvalue weighted by Crippen LogP contribution is 2.48. The Morgan fingerprint density at radius 2 is 0.647 bits per heavy atom. The summed E-state index contributed by atoms with van der Waals surface area (Å²) in [4.78, 5) is 2.51. The highest BCUT2D eigenvalue weighted by Gasteiger charge is 2.29. The molecule has 0 spiro atoms. The van der Waals surface area contributed by atoms with Gasteiger partial charge in [0, 0.05) is 32.0 Å². The molecule has 0 radical (unpaired) electrons. The monoisotopic (exact) mass is 502 g/mol. The van der Waals surface area contributed by atoms with Crippen molar-refractivity contribution < 1.29 is 9.47 Å². The third kappa shape index (κ3) is 6.69. The molecule has 0 aromatic heterocycles. The van der Waals surface area contributed by atoms with Gasteiger partial charge in [-0.1, -0.05) is 105 Å². The summed E-state index contributed by atoms with van der Waals surface area (Å²) in [5.41, 5.74) is 4.99. The molecule has 4 heteroatoms. The maximum Gasteiger partial charge on any atom is 0.126 e. The van der Waals surface area contributed by atoms with Gasteiger partial charge in [0.05, 0.1) is 14.2 Å². The molecule has 0 aliphatic rings. The van der Waals surface area contributed by atoms with Crippen molar-refractivity contribution in [1.29, 1.82) is 0 Å². The Morgan fingerprint density at radius 3 is 0.794 bits per heavy atom. The molecule has 0 saturated carbocycles. The van der Waals surface area contributed by atoms with E-state index in [4.69, 9.17) is 9.47 Å². The van der Waals surface area contributed by atoms with Crippen molar-refractivity contribution in [3.63, 3.8) is 0 Å². The zero-order chi connectivity index (χ0) is 26.3. The van der Waals surface area contributed by atoms with Gasteiger partial charge in [-0.25, -0.2) is 0 Å². The fourth-order valence-corrected chi connectivity index (χ4v) is 6.08. The molecular weight excluding hydrogens is 456 g/mol. The number of hydrogen-bond donors (Lipinski definition) is 0. The molecule has 0 N–H and O–H groups in total. The molecule has 2 nitrogen and oxygen atoms in total. The normalized spacial score (nSPS) is 13.2. The van der Waals surface area contributed by atoms with Crippen LogP contribution in [0.5, 0.6) is 11.5 Å². The van der Waals surface area contributed by atoms with Crippen molar-refractivity contribution in [2.75, 3.05) is 14.2 Å². The maximum atomic E-state index is 5.95. The molecular formula is C30H46O2S2. The third-order valence-electron chi connectivity index (χ3n) is 6.00. The van der Waals surface area contributed by atoms with Crippen LogP contribution in [0.3, 0.4) is 0 Å². The van der Waals surface area contributed by atoms with E-state index < -0.39 is 0 Å². The first-order valence-electron chi connectivity index (χ1n) is 12.1. The highest BCUT2D eigenvalue weighted by molar-refractivity contribution is 8.76. The Kier molecular flexibility index (Phi) is 8.53. The average Bonchev–Trinajstić information content (AvgIpc) is 2.68. The van der Waals surface area contributed by atoms with Gasteiger partial charge in [0.25, 0.3) is 0 Å². The summed E-state index contributed by atoms with van der Waals surface area (Å²) >= 11 is 0. The lowest BCUT2D eigenvalue weighted by Gasteiger charge is -2.30. The van der Waals surface area contributed by atoms with Crippen LogP contribution < -0.4 is 9.47 Å². The predicted octanol–water partition coefficient (Wildman–Crippen LogP) is 9.69. The Labute approximate surface area is 217 Å². The summed E-state index contributed by atoms with van der Waals surface area (Å²) in [6, 6.07) is 9.24. The summed E-state index contributed by atoms with van der Waals surface area (Å²) < 4.78 is 11.9. The molecule has 34 heavy (non-hydrogen) atoms. The van der Waals surface area contributed by atoms with E-state index in [0.29, 0.717) is 0 Å². The summed E-state index contributed by atoms with van der Waals surface area (Å²) in [7, 11) is 7.24. The zero-order valence-electron chi connectivity index (χ0n) is 23.9. The summed E-state index contributed by atoms with van der Waals surface area (Å²) in [6.07, 6.45) is 0. The van der Waals surface area contributed by atoms with Crippen molar-refractivity contribution in [3.05, 3.63) is 46.5 Å². The first-order chi connectivity index (χ1) is 15.3. The lowest BCUT2D eigenvalue weighted by molar-refractivity contribution is 0.380. The Bertz CT molecular complexity index is 857. The summed E-state index contributed by atoms with van der Waals surface area (Å²) in [6.45, 7) is 27.1. The van der Waals surface area contributed by atoms with Crippen LogP contribution in [0.25, 0.3) is 0 Å². The first-order valence-corrected chi connectivity index (χ1v) is 14.3. The van der Waals surface area contributed by atoms with Crippen LogP contribution >= 0.6 is 21.6 Å². The lowest BCUT2D eigenvalue weighted by atomic mass is 9.79. The van der Waals surface area contributed by atoms with E-state index >= 15 is 0 Å². The van der Waals surface area contributed by atoms with Gasteiger partial charge in [-0.15, -0.1) is 0 Å². The maximum absolute atomic E-state index is 5.95. The largest absolute Gasteiger partial charge is 0.496 e. The average molecular weight is 503 g/mol. The second-order valence-electron chi connectivity index (χ2n) is 13.3. The SMILES string of the molecule is COc1c(C(C)(C)C)cc(SSc2cc(C(C)(C)C)c(OC)c(C(C)(C)C)c2)cc1C(C)(C)C. The van der Waals surface area contributed by atoms with E-state index in [9.17, 15) is 0 Å². The third-order valence-corrected chi connectivity index (χ3v) is 8.34. The van der Waals surface area contributed by atoms with Crippen LogP contribution in [-0.4, -0.2) is 14.2 Å². The number of ether oxygens (including phenoxy) is 2. The molecule has 190 valence electrons. The smallest absolute Gasteiger partial charge is 0.126 e. The van der Waals surface area contributed by atoms with Crippen molar-refractivity contribution in [3.8, 4) is 11.5 Å². The van der Waals surface area contributed by atoms with Gasteiger partial charge < -0.3 is 9.47 Å². The molecule has 0 heterocycles. The zero-order valence-corrected chi connectivity index (χ0v) is 25.6. The molecule has 0 amide bonds. The molecule has 0 fully saturated rings. The molecule has 0 aliphatic heterocycles. The number of hydrogen-bond acceptors (Lipinski definition) is 4. The quantitative estimate of drug-likeness (QED) is 0.379. The molecule has 2 aromatic rings. The summed E-state index contributed by atoms with van der Waals surface area (Å²) in [5.74, 6) is 2.03.